The van der Waals surface area contributed by atoms with Crippen LogP contribution in [-0.4, -0.2) is 47.7 Å². The first-order chi connectivity index (χ1) is 10.1. The number of hydrogen-bond acceptors (Lipinski definition) is 3. The van der Waals surface area contributed by atoms with Crippen LogP contribution in [0.2, 0.25) is 0 Å². The molecule has 0 amide bonds. The average molecular weight is 294 g/mol. The van der Waals surface area contributed by atoms with Gasteiger partial charge in [0.25, 0.3) is 0 Å². The second-order valence-electron chi connectivity index (χ2n) is 7.63. The Morgan fingerprint density at radius 3 is 2.57 bits per heavy atom. The molecule has 3 aliphatic rings. The molecule has 0 bridgehead atoms. The van der Waals surface area contributed by atoms with Gasteiger partial charge in [0.15, 0.2) is 0 Å². The first-order valence-corrected chi connectivity index (χ1v) is 8.80. The van der Waals surface area contributed by atoms with Crippen LogP contribution in [0.4, 0.5) is 0 Å². The van der Waals surface area contributed by atoms with Crippen LogP contribution in [0.3, 0.4) is 0 Å². The standard InChI is InChI=1S/C17H30N2O2/c1-19(12-13-4-2-5-13)11-9-14-6-3-10-17(14,16(20)21)18-15-7-8-15/h13-15,18H,2-12H2,1H3,(H,20,21). The van der Waals surface area contributed by atoms with Crippen molar-refractivity contribution in [2.75, 3.05) is 20.1 Å². The largest absolute Gasteiger partial charge is 0.480 e. The summed E-state index contributed by atoms with van der Waals surface area (Å²) >= 11 is 0. The van der Waals surface area contributed by atoms with E-state index in [1.165, 1.54) is 25.8 Å². The topological polar surface area (TPSA) is 52.6 Å². The van der Waals surface area contributed by atoms with Crippen molar-refractivity contribution in [3.63, 3.8) is 0 Å². The Morgan fingerprint density at radius 2 is 2.00 bits per heavy atom. The highest BCUT2D eigenvalue weighted by atomic mass is 16.4. The summed E-state index contributed by atoms with van der Waals surface area (Å²) in [6.45, 7) is 2.24. The second kappa shape index (κ2) is 6.25. The zero-order valence-corrected chi connectivity index (χ0v) is 13.3. The molecule has 0 aromatic heterocycles. The lowest BCUT2D eigenvalue weighted by Crippen LogP contribution is -2.56. The highest BCUT2D eigenvalue weighted by molar-refractivity contribution is 5.80. The quantitative estimate of drug-likeness (QED) is 0.722. The molecule has 0 aliphatic heterocycles. The number of nitrogens with zero attached hydrogens (tertiary/aromatic N) is 1. The number of carboxylic acid groups (broad SMARTS) is 1. The van der Waals surface area contributed by atoms with Crippen LogP contribution in [0, 0.1) is 11.8 Å². The molecule has 21 heavy (non-hydrogen) atoms. The molecule has 3 saturated carbocycles. The molecule has 2 atom stereocenters. The Labute approximate surface area is 128 Å². The Hall–Kier alpha value is -0.610. The molecule has 3 fully saturated rings. The van der Waals surface area contributed by atoms with Crippen LogP contribution < -0.4 is 5.32 Å². The third kappa shape index (κ3) is 3.42. The minimum absolute atomic E-state index is 0.305. The van der Waals surface area contributed by atoms with Gasteiger partial charge in [-0.2, -0.15) is 0 Å². The first kappa shape index (κ1) is 15.3. The lowest BCUT2D eigenvalue weighted by Gasteiger charge is -2.35. The fourth-order valence-electron chi connectivity index (χ4n) is 4.18. The zero-order valence-electron chi connectivity index (χ0n) is 13.3. The van der Waals surface area contributed by atoms with Gasteiger partial charge in [0, 0.05) is 12.6 Å². The molecule has 0 heterocycles. The van der Waals surface area contributed by atoms with Crippen molar-refractivity contribution < 1.29 is 9.90 Å². The fraction of sp³-hybridized carbons (Fsp3) is 0.941. The van der Waals surface area contributed by atoms with Gasteiger partial charge >= 0.3 is 5.97 Å². The van der Waals surface area contributed by atoms with Crippen molar-refractivity contribution in [1.82, 2.24) is 10.2 Å². The van der Waals surface area contributed by atoms with E-state index in [-0.39, 0.29) is 0 Å². The van der Waals surface area contributed by atoms with Gasteiger partial charge in [-0.15, -0.1) is 0 Å². The molecule has 3 aliphatic carbocycles. The van der Waals surface area contributed by atoms with Gasteiger partial charge in [-0.1, -0.05) is 12.8 Å². The second-order valence-corrected chi connectivity index (χ2v) is 7.63. The Kier molecular flexibility index (Phi) is 4.55. The normalized spacial score (nSPS) is 33.3. The summed E-state index contributed by atoms with van der Waals surface area (Å²) in [6.07, 6.45) is 10.4. The zero-order chi connectivity index (χ0) is 14.9. The number of hydrogen-bond donors (Lipinski definition) is 2. The van der Waals surface area contributed by atoms with Crippen LogP contribution in [-0.2, 0) is 4.79 Å². The number of carbonyl (C=O) groups is 1. The predicted octanol–water partition coefficient (Wildman–Crippen LogP) is 2.48. The summed E-state index contributed by atoms with van der Waals surface area (Å²) in [4.78, 5) is 14.3. The summed E-state index contributed by atoms with van der Waals surface area (Å²) in [5.41, 5.74) is -0.627. The molecule has 4 nitrogen and oxygen atoms in total. The Morgan fingerprint density at radius 1 is 1.24 bits per heavy atom. The van der Waals surface area contributed by atoms with Gasteiger partial charge in [0.1, 0.15) is 5.54 Å². The molecule has 0 radical (unpaired) electrons. The average Bonchev–Trinajstić information content (AvgIpc) is 3.10. The summed E-state index contributed by atoms with van der Waals surface area (Å²) in [7, 11) is 2.20. The molecule has 0 aromatic carbocycles. The SMILES string of the molecule is CN(CCC1CCCC1(NC1CC1)C(=O)O)CC1CCC1. The van der Waals surface area contributed by atoms with Crippen LogP contribution in [0.25, 0.3) is 0 Å². The van der Waals surface area contributed by atoms with Gasteiger partial charge < -0.3 is 10.0 Å². The number of rotatable bonds is 8. The smallest absolute Gasteiger partial charge is 0.324 e. The van der Waals surface area contributed by atoms with E-state index in [0.717, 1.165) is 51.0 Å². The van der Waals surface area contributed by atoms with Gasteiger partial charge in [0.05, 0.1) is 0 Å². The Balaban J connectivity index is 1.53. The maximum absolute atomic E-state index is 11.9. The van der Waals surface area contributed by atoms with E-state index in [0.29, 0.717) is 12.0 Å². The minimum atomic E-state index is -0.627. The molecule has 0 spiro atoms. The van der Waals surface area contributed by atoms with E-state index in [9.17, 15) is 9.90 Å². The highest BCUT2D eigenvalue weighted by Crippen LogP contribution is 2.41. The van der Waals surface area contributed by atoms with Gasteiger partial charge in [-0.25, -0.2) is 0 Å². The highest BCUT2D eigenvalue weighted by Gasteiger charge is 2.51. The van der Waals surface area contributed by atoms with Crippen molar-refractivity contribution in [2.24, 2.45) is 11.8 Å². The van der Waals surface area contributed by atoms with Crippen LogP contribution in [0.15, 0.2) is 0 Å². The third-order valence-corrected chi connectivity index (χ3v) is 5.90. The van der Waals surface area contributed by atoms with Crippen molar-refractivity contribution in [3.05, 3.63) is 0 Å². The lowest BCUT2D eigenvalue weighted by molar-refractivity contribution is -0.147. The number of nitrogens with one attached hydrogen (secondary N) is 1. The van der Waals surface area contributed by atoms with E-state index in [4.69, 9.17) is 0 Å². The molecular weight excluding hydrogens is 264 g/mol. The van der Waals surface area contributed by atoms with E-state index in [1.807, 2.05) is 0 Å². The Bertz CT molecular complexity index is 379. The van der Waals surface area contributed by atoms with E-state index < -0.39 is 11.5 Å². The predicted molar refractivity (Wildman–Crippen MR) is 83.3 cm³/mol. The summed E-state index contributed by atoms with van der Waals surface area (Å²) in [5.74, 6) is 0.588. The molecular formula is C17H30N2O2. The molecule has 3 rings (SSSR count). The van der Waals surface area contributed by atoms with Gasteiger partial charge in [-0.3, -0.25) is 10.1 Å². The molecule has 120 valence electrons. The van der Waals surface area contributed by atoms with Crippen molar-refractivity contribution in [2.45, 2.75) is 69.4 Å². The van der Waals surface area contributed by atoms with E-state index in [2.05, 4.69) is 17.3 Å². The molecule has 0 saturated heterocycles. The van der Waals surface area contributed by atoms with E-state index >= 15 is 0 Å². The number of aliphatic carboxylic acids is 1. The first-order valence-electron chi connectivity index (χ1n) is 8.80. The van der Waals surface area contributed by atoms with Crippen molar-refractivity contribution >= 4 is 5.97 Å². The van der Waals surface area contributed by atoms with Crippen LogP contribution in [0.5, 0.6) is 0 Å². The van der Waals surface area contributed by atoms with Crippen molar-refractivity contribution in [1.29, 1.82) is 0 Å². The molecule has 2 unspecified atom stereocenters. The summed E-state index contributed by atoms with van der Waals surface area (Å²) < 4.78 is 0. The molecule has 4 heteroatoms. The van der Waals surface area contributed by atoms with Crippen LogP contribution >= 0.6 is 0 Å². The maximum Gasteiger partial charge on any atom is 0.324 e. The molecule has 2 N–H and O–H groups in total. The monoisotopic (exact) mass is 294 g/mol. The summed E-state index contributed by atoms with van der Waals surface area (Å²) in [6, 6.07) is 0.467. The van der Waals surface area contributed by atoms with Crippen molar-refractivity contribution in [3.8, 4) is 0 Å². The van der Waals surface area contributed by atoms with Gasteiger partial charge in [-0.05, 0) is 70.4 Å². The summed E-state index contributed by atoms with van der Waals surface area (Å²) in [5, 5.41) is 13.3. The van der Waals surface area contributed by atoms with Crippen LogP contribution in [0.1, 0.15) is 57.8 Å². The van der Waals surface area contributed by atoms with E-state index in [1.54, 1.807) is 0 Å². The van der Waals surface area contributed by atoms with Gasteiger partial charge in [0.2, 0.25) is 0 Å². The fourth-order valence-corrected chi connectivity index (χ4v) is 4.18. The molecule has 0 aromatic rings. The number of carboxylic acids is 1. The lowest BCUT2D eigenvalue weighted by atomic mass is 9.83. The maximum atomic E-state index is 11.9. The minimum Gasteiger partial charge on any atom is -0.480 e. The third-order valence-electron chi connectivity index (χ3n) is 5.90.